The van der Waals surface area contributed by atoms with Crippen molar-refractivity contribution >= 4 is 5.69 Å². The van der Waals surface area contributed by atoms with Gasteiger partial charge in [0, 0.05) is 23.6 Å². The molecule has 0 bridgehead atoms. The van der Waals surface area contributed by atoms with Crippen molar-refractivity contribution in [1.29, 1.82) is 0 Å². The quantitative estimate of drug-likeness (QED) is 0.521. The number of benzene rings is 3. The highest BCUT2D eigenvalue weighted by Crippen LogP contribution is 2.39. The SMILES string of the molecule is c1ccc(NC(c2ccccc2)(c2ccccc2)c2cccnc2)cc1. The molecule has 0 fully saturated rings. The molecule has 0 saturated heterocycles. The molecular formula is C24H20N2. The summed E-state index contributed by atoms with van der Waals surface area (Å²) < 4.78 is 0. The van der Waals surface area contributed by atoms with Crippen LogP contribution < -0.4 is 5.32 Å². The number of hydrogen-bond donors (Lipinski definition) is 1. The molecule has 1 N–H and O–H groups in total. The average Bonchev–Trinajstić information content (AvgIpc) is 2.75. The molecule has 126 valence electrons. The van der Waals surface area contributed by atoms with E-state index in [0.717, 1.165) is 11.3 Å². The molecule has 0 aliphatic heterocycles. The van der Waals surface area contributed by atoms with Gasteiger partial charge < -0.3 is 5.32 Å². The molecule has 4 rings (SSSR count). The monoisotopic (exact) mass is 336 g/mol. The average molecular weight is 336 g/mol. The smallest absolute Gasteiger partial charge is 0.115 e. The molecule has 0 aliphatic carbocycles. The van der Waals surface area contributed by atoms with Crippen molar-refractivity contribution in [2.75, 3.05) is 5.32 Å². The zero-order chi connectivity index (χ0) is 17.7. The van der Waals surface area contributed by atoms with E-state index in [2.05, 4.69) is 77.0 Å². The molecule has 2 heteroatoms. The van der Waals surface area contributed by atoms with Crippen LogP contribution in [0, 0.1) is 0 Å². The molecule has 3 aromatic carbocycles. The fraction of sp³-hybridized carbons (Fsp3) is 0.0417. The number of pyridine rings is 1. The summed E-state index contributed by atoms with van der Waals surface area (Å²) in [6, 6.07) is 35.5. The van der Waals surface area contributed by atoms with Crippen LogP contribution >= 0.6 is 0 Å². The first-order chi connectivity index (χ1) is 12.9. The Morgan fingerprint density at radius 2 is 1.04 bits per heavy atom. The van der Waals surface area contributed by atoms with Gasteiger partial charge in [-0.2, -0.15) is 0 Å². The van der Waals surface area contributed by atoms with E-state index in [9.17, 15) is 0 Å². The van der Waals surface area contributed by atoms with E-state index in [1.165, 1.54) is 11.1 Å². The van der Waals surface area contributed by atoms with Crippen LogP contribution in [0.25, 0.3) is 0 Å². The molecule has 1 heterocycles. The third kappa shape index (κ3) is 2.98. The van der Waals surface area contributed by atoms with Gasteiger partial charge in [-0.15, -0.1) is 0 Å². The topological polar surface area (TPSA) is 24.9 Å². The lowest BCUT2D eigenvalue weighted by Gasteiger charge is -2.37. The predicted molar refractivity (Wildman–Crippen MR) is 107 cm³/mol. The summed E-state index contributed by atoms with van der Waals surface area (Å²) in [5.41, 5.74) is 3.97. The Balaban J connectivity index is 2.00. The first-order valence-electron chi connectivity index (χ1n) is 8.74. The maximum absolute atomic E-state index is 4.40. The minimum atomic E-state index is -0.530. The molecule has 0 saturated carbocycles. The first kappa shape index (κ1) is 16.1. The Labute approximate surface area is 154 Å². The number of nitrogens with zero attached hydrogens (tertiary/aromatic N) is 1. The lowest BCUT2D eigenvalue weighted by molar-refractivity contribution is 0.707. The van der Waals surface area contributed by atoms with Crippen molar-refractivity contribution in [3.05, 3.63) is 132 Å². The molecule has 4 aromatic rings. The first-order valence-corrected chi connectivity index (χ1v) is 8.74. The maximum atomic E-state index is 4.40. The third-order valence-electron chi connectivity index (χ3n) is 4.61. The summed E-state index contributed by atoms with van der Waals surface area (Å²) >= 11 is 0. The van der Waals surface area contributed by atoms with Gasteiger partial charge in [0.1, 0.15) is 5.54 Å². The highest BCUT2D eigenvalue weighted by molar-refractivity contribution is 5.59. The fourth-order valence-corrected chi connectivity index (χ4v) is 3.42. The molecule has 26 heavy (non-hydrogen) atoms. The van der Waals surface area contributed by atoms with Gasteiger partial charge in [0.25, 0.3) is 0 Å². The van der Waals surface area contributed by atoms with Gasteiger partial charge in [0.15, 0.2) is 0 Å². The summed E-state index contributed by atoms with van der Waals surface area (Å²) in [5, 5.41) is 3.80. The van der Waals surface area contributed by atoms with Gasteiger partial charge in [-0.1, -0.05) is 84.9 Å². The molecule has 1 aromatic heterocycles. The van der Waals surface area contributed by atoms with Crippen molar-refractivity contribution in [1.82, 2.24) is 4.98 Å². The molecular weight excluding hydrogens is 316 g/mol. The molecule has 0 atom stereocenters. The number of aromatic nitrogens is 1. The van der Waals surface area contributed by atoms with Crippen LogP contribution in [0.15, 0.2) is 116 Å². The third-order valence-corrected chi connectivity index (χ3v) is 4.61. The second-order valence-electron chi connectivity index (χ2n) is 6.21. The van der Waals surface area contributed by atoms with Crippen molar-refractivity contribution in [3.8, 4) is 0 Å². The van der Waals surface area contributed by atoms with Crippen molar-refractivity contribution < 1.29 is 0 Å². The Morgan fingerprint density at radius 3 is 1.54 bits per heavy atom. The molecule has 0 unspecified atom stereocenters. The Kier molecular flexibility index (Phi) is 4.48. The Bertz CT molecular complexity index is 840. The number of anilines is 1. The van der Waals surface area contributed by atoms with E-state index in [1.807, 2.05) is 48.8 Å². The van der Waals surface area contributed by atoms with E-state index in [0.29, 0.717) is 0 Å². The number of nitrogens with one attached hydrogen (secondary N) is 1. The van der Waals surface area contributed by atoms with Gasteiger partial charge in [-0.05, 0) is 29.3 Å². The van der Waals surface area contributed by atoms with E-state index in [1.54, 1.807) is 0 Å². The van der Waals surface area contributed by atoms with Crippen LogP contribution in [0.5, 0.6) is 0 Å². The number of para-hydroxylation sites is 1. The molecule has 0 amide bonds. The van der Waals surface area contributed by atoms with E-state index >= 15 is 0 Å². The van der Waals surface area contributed by atoms with E-state index in [-0.39, 0.29) is 0 Å². The number of hydrogen-bond acceptors (Lipinski definition) is 2. The molecule has 2 nitrogen and oxygen atoms in total. The number of rotatable bonds is 5. The van der Waals surface area contributed by atoms with Crippen LogP contribution in [0.2, 0.25) is 0 Å². The maximum Gasteiger partial charge on any atom is 0.115 e. The summed E-state index contributed by atoms with van der Waals surface area (Å²) in [5.74, 6) is 0. The van der Waals surface area contributed by atoms with Crippen molar-refractivity contribution in [2.45, 2.75) is 5.54 Å². The van der Waals surface area contributed by atoms with Crippen molar-refractivity contribution in [2.24, 2.45) is 0 Å². The van der Waals surface area contributed by atoms with Gasteiger partial charge in [-0.25, -0.2) is 0 Å². The second-order valence-corrected chi connectivity index (χ2v) is 6.21. The highest BCUT2D eigenvalue weighted by Gasteiger charge is 2.36. The van der Waals surface area contributed by atoms with Gasteiger partial charge in [0.05, 0.1) is 0 Å². The lowest BCUT2D eigenvalue weighted by Crippen LogP contribution is -2.38. The normalized spacial score (nSPS) is 11.1. The zero-order valence-electron chi connectivity index (χ0n) is 14.4. The van der Waals surface area contributed by atoms with E-state index < -0.39 is 5.54 Å². The minimum absolute atomic E-state index is 0.530. The predicted octanol–water partition coefficient (Wildman–Crippen LogP) is 5.49. The largest absolute Gasteiger partial charge is 0.368 e. The fourth-order valence-electron chi connectivity index (χ4n) is 3.42. The van der Waals surface area contributed by atoms with E-state index in [4.69, 9.17) is 0 Å². The lowest BCUT2D eigenvalue weighted by atomic mass is 9.77. The summed E-state index contributed by atoms with van der Waals surface area (Å²) in [6.07, 6.45) is 3.75. The summed E-state index contributed by atoms with van der Waals surface area (Å²) in [7, 11) is 0. The van der Waals surface area contributed by atoms with Crippen LogP contribution in [-0.2, 0) is 5.54 Å². The molecule has 0 aliphatic rings. The second kappa shape index (κ2) is 7.24. The van der Waals surface area contributed by atoms with Crippen LogP contribution in [0.4, 0.5) is 5.69 Å². The van der Waals surface area contributed by atoms with Gasteiger partial charge in [-0.3, -0.25) is 4.98 Å². The molecule has 0 radical (unpaired) electrons. The summed E-state index contributed by atoms with van der Waals surface area (Å²) in [4.78, 5) is 4.40. The summed E-state index contributed by atoms with van der Waals surface area (Å²) in [6.45, 7) is 0. The van der Waals surface area contributed by atoms with Gasteiger partial charge >= 0.3 is 0 Å². The Hall–Kier alpha value is -3.39. The zero-order valence-corrected chi connectivity index (χ0v) is 14.4. The van der Waals surface area contributed by atoms with Crippen molar-refractivity contribution in [3.63, 3.8) is 0 Å². The Morgan fingerprint density at radius 1 is 0.538 bits per heavy atom. The standard InChI is InChI=1S/C24H20N2/c1-4-11-20(12-5-1)24(21-13-6-2-7-14-21,22-15-10-18-25-19-22)26-23-16-8-3-9-17-23/h1-19,26H. The van der Waals surface area contributed by atoms with Crippen LogP contribution in [0.1, 0.15) is 16.7 Å². The highest BCUT2D eigenvalue weighted by atomic mass is 15.0. The molecule has 0 spiro atoms. The van der Waals surface area contributed by atoms with Gasteiger partial charge in [0.2, 0.25) is 0 Å². The van der Waals surface area contributed by atoms with Crippen LogP contribution in [0.3, 0.4) is 0 Å². The van der Waals surface area contributed by atoms with Crippen LogP contribution in [-0.4, -0.2) is 4.98 Å². The minimum Gasteiger partial charge on any atom is -0.368 e.